The number of rotatable bonds is 3. The summed E-state index contributed by atoms with van der Waals surface area (Å²) in [6.45, 7) is 10.5. The molecule has 1 aromatic carbocycles. The van der Waals surface area contributed by atoms with Crippen molar-refractivity contribution in [1.82, 2.24) is 0 Å². The van der Waals surface area contributed by atoms with Crippen LogP contribution in [0.4, 0.5) is 0 Å². The van der Waals surface area contributed by atoms with Crippen molar-refractivity contribution in [3.05, 3.63) is 35.5 Å². The minimum Gasteiger partial charge on any atom is -0.507 e. The first-order valence-corrected chi connectivity index (χ1v) is 8.86. The van der Waals surface area contributed by atoms with E-state index in [1.807, 2.05) is 24.3 Å². The van der Waals surface area contributed by atoms with E-state index >= 15 is 0 Å². The van der Waals surface area contributed by atoms with E-state index in [-0.39, 0.29) is 5.60 Å². The second kappa shape index (κ2) is 5.06. The fourth-order valence-electron chi connectivity index (χ4n) is 1.74. The van der Waals surface area contributed by atoms with Gasteiger partial charge in [-0.05, 0) is 39.9 Å². The van der Waals surface area contributed by atoms with Gasteiger partial charge in [0.25, 0.3) is 0 Å². The van der Waals surface area contributed by atoms with Crippen LogP contribution in [0.5, 0.6) is 5.75 Å². The van der Waals surface area contributed by atoms with Gasteiger partial charge in [0.15, 0.2) is 0 Å². The smallest absolute Gasteiger partial charge is 0.211 e. The Morgan fingerprint density at radius 1 is 1.18 bits per heavy atom. The summed E-state index contributed by atoms with van der Waals surface area (Å²) in [6, 6.07) is 7.33. The van der Waals surface area contributed by atoms with Crippen LogP contribution in [-0.4, -0.2) is 19.0 Å². The molecule has 0 aliphatic carbocycles. The Hall–Kier alpha value is -1.06. The van der Waals surface area contributed by atoms with Gasteiger partial charge in [-0.15, -0.1) is 0 Å². The lowest BCUT2D eigenvalue weighted by Gasteiger charge is -2.30. The van der Waals surface area contributed by atoms with Crippen LogP contribution in [0.2, 0.25) is 13.1 Å². The van der Waals surface area contributed by atoms with Crippen LogP contribution in [0.3, 0.4) is 0 Å². The van der Waals surface area contributed by atoms with Crippen LogP contribution in [0, 0.1) is 0 Å². The Labute approximate surface area is 105 Å². The average molecular weight is 250 g/mol. The van der Waals surface area contributed by atoms with Gasteiger partial charge in [0.2, 0.25) is 8.32 Å². The molecule has 94 valence electrons. The van der Waals surface area contributed by atoms with Gasteiger partial charge in [-0.1, -0.05) is 30.0 Å². The third-order valence-electron chi connectivity index (χ3n) is 2.17. The van der Waals surface area contributed by atoms with Crippen LogP contribution in [-0.2, 0) is 4.43 Å². The van der Waals surface area contributed by atoms with Crippen molar-refractivity contribution in [2.75, 3.05) is 0 Å². The molecule has 0 aromatic heterocycles. The monoisotopic (exact) mass is 250 g/mol. The summed E-state index contributed by atoms with van der Waals surface area (Å²) in [4.78, 5) is 0. The van der Waals surface area contributed by atoms with Crippen molar-refractivity contribution in [2.45, 2.75) is 39.5 Å². The number of phenols is 1. The minimum absolute atomic E-state index is 0.126. The molecule has 0 bridgehead atoms. The zero-order valence-corrected chi connectivity index (χ0v) is 12.3. The van der Waals surface area contributed by atoms with E-state index < -0.39 is 8.32 Å². The van der Waals surface area contributed by atoms with Crippen molar-refractivity contribution in [3.63, 3.8) is 0 Å². The van der Waals surface area contributed by atoms with Crippen molar-refractivity contribution in [1.29, 1.82) is 0 Å². The van der Waals surface area contributed by atoms with E-state index in [4.69, 9.17) is 4.43 Å². The maximum absolute atomic E-state index is 9.66. The Kier molecular flexibility index (Phi) is 4.17. The molecule has 0 heterocycles. The fourth-order valence-corrected chi connectivity index (χ4v) is 3.97. The summed E-state index contributed by atoms with van der Waals surface area (Å²) in [5, 5.41) is 9.66. The topological polar surface area (TPSA) is 29.5 Å². The molecule has 0 atom stereocenters. The Morgan fingerprint density at radius 2 is 1.76 bits per heavy atom. The molecule has 0 fully saturated rings. The third kappa shape index (κ3) is 5.19. The van der Waals surface area contributed by atoms with Crippen LogP contribution in [0.25, 0.3) is 6.08 Å². The molecule has 0 saturated heterocycles. The van der Waals surface area contributed by atoms with E-state index in [1.54, 1.807) is 6.07 Å². The second-order valence-corrected chi connectivity index (χ2v) is 9.45. The molecular weight excluding hydrogens is 228 g/mol. The molecule has 0 saturated carbocycles. The standard InChI is InChI=1S/C14H22O2Si/c1-14(2,3)16-17(4,5)11-10-12-8-6-7-9-13(12)15/h6-11,15H,1-5H3/b11-10+. The van der Waals surface area contributed by atoms with Gasteiger partial charge in [-0.3, -0.25) is 0 Å². The van der Waals surface area contributed by atoms with E-state index in [0.717, 1.165) is 5.56 Å². The first kappa shape index (κ1) is 14.0. The van der Waals surface area contributed by atoms with Gasteiger partial charge in [0.05, 0.1) is 0 Å². The van der Waals surface area contributed by atoms with Crippen LogP contribution < -0.4 is 0 Å². The number of benzene rings is 1. The van der Waals surface area contributed by atoms with Gasteiger partial charge in [-0.25, -0.2) is 0 Å². The van der Waals surface area contributed by atoms with Crippen molar-refractivity contribution in [3.8, 4) is 5.75 Å². The maximum atomic E-state index is 9.66. The van der Waals surface area contributed by atoms with Gasteiger partial charge in [0.1, 0.15) is 5.75 Å². The van der Waals surface area contributed by atoms with E-state index in [2.05, 4.69) is 39.6 Å². The molecule has 1 aromatic rings. The van der Waals surface area contributed by atoms with Crippen LogP contribution in [0.1, 0.15) is 26.3 Å². The Bertz CT molecular complexity index is 403. The Morgan fingerprint density at radius 3 is 2.29 bits per heavy atom. The molecule has 0 amide bonds. The quantitative estimate of drug-likeness (QED) is 0.823. The molecule has 1 N–H and O–H groups in total. The van der Waals surface area contributed by atoms with Gasteiger partial charge in [0, 0.05) is 11.2 Å². The summed E-state index contributed by atoms with van der Waals surface area (Å²) in [6.07, 6.45) is 1.95. The molecule has 0 aliphatic heterocycles. The normalized spacial score (nSPS) is 13.2. The highest BCUT2D eigenvalue weighted by atomic mass is 28.4. The first-order chi connectivity index (χ1) is 7.70. The highest BCUT2D eigenvalue weighted by molar-refractivity contribution is 6.76. The van der Waals surface area contributed by atoms with Crippen molar-refractivity contribution in [2.24, 2.45) is 0 Å². The molecule has 0 radical (unpaired) electrons. The largest absolute Gasteiger partial charge is 0.507 e. The van der Waals surface area contributed by atoms with Crippen molar-refractivity contribution < 1.29 is 9.53 Å². The highest BCUT2D eigenvalue weighted by Gasteiger charge is 2.25. The van der Waals surface area contributed by atoms with E-state index in [0.29, 0.717) is 5.75 Å². The van der Waals surface area contributed by atoms with Crippen molar-refractivity contribution >= 4 is 14.4 Å². The highest BCUT2D eigenvalue weighted by Crippen LogP contribution is 2.21. The zero-order chi connectivity index (χ0) is 13.1. The molecular formula is C14H22O2Si. The summed E-state index contributed by atoms with van der Waals surface area (Å²) in [5.74, 6) is 0.310. The summed E-state index contributed by atoms with van der Waals surface area (Å²) >= 11 is 0. The number of phenolic OH excluding ortho intramolecular Hbond substituents is 1. The average Bonchev–Trinajstić information content (AvgIpc) is 2.13. The SMILES string of the molecule is CC(C)(C)O[Si](C)(C)/C=C/c1ccccc1O. The number of hydrogen-bond donors (Lipinski definition) is 1. The van der Waals surface area contributed by atoms with Gasteiger partial charge >= 0.3 is 0 Å². The summed E-state index contributed by atoms with van der Waals surface area (Å²) in [7, 11) is -1.84. The lowest BCUT2D eigenvalue weighted by atomic mass is 10.2. The summed E-state index contributed by atoms with van der Waals surface area (Å²) < 4.78 is 6.06. The lowest BCUT2D eigenvalue weighted by molar-refractivity contribution is 0.124. The molecule has 2 nitrogen and oxygen atoms in total. The van der Waals surface area contributed by atoms with Gasteiger partial charge in [-0.2, -0.15) is 0 Å². The van der Waals surface area contributed by atoms with Crippen LogP contribution >= 0.6 is 0 Å². The lowest BCUT2D eigenvalue weighted by Crippen LogP contribution is -2.37. The van der Waals surface area contributed by atoms with Gasteiger partial charge < -0.3 is 9.53 Å². The maximum Gasteiger partial charge on any atom is 0.211 e. The van der Waals surface area contributed by atoms with E-state index in [1.165, 1.54) is 0 Å². The molecule has 17 heavy (non-hydrogen) atoms. The summed E-state index contributed by atoms with van der Waals surface area (Å²) in [5.41, 5.74) is 2.82. The first-order valence-electron chi connectivity index (χ1n) is 5.87. The number of hydrogen-bond acceptors (Lipinski definition) is 2. The molecule has 0 spiro atoms. The molecule has 1 rings (SSSR count). The Balaban J connectivity index is 2.80. The van der Waals surface area contributed by atoms with Crippen LogP contribution in [0.15, 0.2) is 30.0 Å². The fraction of sp³-hybridized carbons (Fsp3) is 0.429. The predicted molar refractivity (Wildman–Crippen MR) is 75.5 cm³/mol. The second-order valence-electron chi connectivity index (χ2n) is 5.71. The number of para-hydroxylation sites is 1. The molecule has 0 aliphatic rings. The minimum atomic E-state index is -1.84. The predicted octanol–water partition coefficient (Wildman–Crippen LogP) is 3.96. The molecule has 0 unspecified atom stereocenters. The molecule has 3 heteroatoms. The van der Waals surface area contributed by atoms with E-state index in [9.17, 15) is 5.11 Å². The third-order valence-corrected chi connectivity index (χ3v) is 4.28. The zero-order valence-electron chi connectivity index (χ0n) is 11.3. The number of aromatic hydroxyl groups is 1.